The zero-order valence-electron chi connectivity index (χ0n) is 18.6. The van der Waals surface area contributed by atoms with E-state index in [0.717, 1.165) is 45.4 Å². The van der Waals surface area contributed by atoms with Gasteiger partial charge in [-0.2, -0.15) is 0 Å². The summed E-state index contributed by atoms with van der Waals surface area (Å²) in [6.45, 7) is 10.6. The molecule has 0 aliphatic carbocycles. The lowest BCUT2D eigenvalue weighted by molar-refractivity contribution is 0.0701. The van der Waals surface area contributed by atoms with Crippen LogP contribution in [0.3, 0.4) is 0 Å². The maximum atomic E-state index is 12.9. The van der Waals surface area contributed by atoms with Crippen LogP contribution in [-0.4, -0.2) is 54.2 Å². The highest BCUT2D eigenvalue weighted by Crippen LogP contribution is 2.20. The maximum absolute atomic E-state index is 12.9. The fraction of sp³-hybridized carbons (Fsp3) is 0.462. The standard InChI is InChI=1S/C26H34N2O2/c1-4-28(26(30)25-11-9-24(10-12-25)21(3)29)19-22-13-16-27(17-14-22)18-15-23-8-6-5-7-20(23)2/h5-12,22H,4,13-19H2,1-3H3. The summed E-state index contributed by atoms with van der Waals surface area (Å²) < 4.78 is 0. The molecule has 0 bridgehead atoms. The van der Waals surface area contributed by atoms with Gasteiger partial charge in [-0.1, -0.05) is 36.4 Å². The first kappa shape index (κ1) is 22.2. The Morgan fingerprint density at radius 3 is 2.23 bits per heavy atom. The van der Waals surface area contributed by atoms with E-state index < -0.39 is 0 Å². The molecule has 2 aromatic rings. The van der Waals surface area contributed by atoms with Crippen LogP contribution < -0.4 is 0 Å². The molecule has 0 N–H and O–H groups in total. The van der Waals surface area contributed by atoms with Gasteiger partial charge in [-0.3, -0.25) is 9.59 Å². The topological polar surface area (TPSA) is 40.6 Å². The van der Waals surface area contributed by atoms with Gasteiger partial charge >= 0.3 is 0 Å². The fourth-order valence-electron chi connectivity index (χ4n) is 4.26. The van der Waals surface area contributed by atoms with Crippen molar-refractivity contribution in [3.8, 4) is 0 Å². The summed E-state index contributed by atoms with van der Waals surface area (Å²) in [7, 11) is 0. The SMILES string of the molecule is CCN(CC1CCN(CCc2ccccc2C)CC1)C(=O)c1ccc(C(C)=O)cc1. The van der Waals surface area contributed by atoms with Crippen LogP contribution in [0.15, 0.2) is 48.5 Å². The molecule has 4 nitrogen and oxygen atoms in total. The fourth-order valence-corrected chi connectivity index (χ4v) is 4.26. The van der Waals surface area contributed by atoms with Crippen LogP contribution in [0.2, 0.25) is 0 Å². The lowest BCUT2D eigenvalue weighted by Crippen LogP contribution is -2.41. The van der Waals surface area contributed by atoms with Gasteiger partial charge in [0.15, 0.2) is 5.78 Å². The number of hydrogen-bond donors (Lipinski definition) is 0. The van der Waals surface area contributed by atoms with Crippen molar-refractivity contribution < 1.29 is 9.59 Å². The second-order valence-electron chi connectivity index (χ2n) is 8.44. The van der Waals surface area contributed by atoms with Crippen molar-refractivity contribution in [3.63, 3.8) is 0 Å². The summed E-state index contributed by atoms with van der Waals surface area (Å²) in [5.74, 6) is 0.644. The van der Waals surface area contributed by atoms with Gasteiger partial charge in [0.2, 0.25) is 0 Å². The first-order valence-corrected chi connectivity index (χ1v) is 11.1. The Kier molecular flexibility index (Phi) is 7.81. The number of carbonyl (C=O) groups excluding carboxylic acids is 2. The van der Waals surface area contributed by atoms with Crippen LogP contribution in [-0.2, 0) is 6.42 Å². The number of amides is 1. The van der Waals surface area contributed by atoms with E-state index in [-0.39, 0.29) is 11.7 Å². The van der Waals surface area contributed by atoms with Crippen molar-refractivity contribution >= 4 is 11.7 Å². The third-order valence-corrected chi connectivity index (χ3v) is 6.35. The van der Waals surface area contributed by atoms with Gasteiger partial charge in [0.25, 0.3) is 5.91 Å². The Balaban J connectivity index is 1.48. The van der Waals surface area contributed by atoms with Crippen molar-refractivity contribution in [2.75, 3.05) is 32.7 Å². The first-order chi connectivity index (χ1) is 14.5. The molecular formula is C26H34N2O2. The third kappa shape index (κ3) is 5.79. The molecular weight excluding hydrogens is 372 g/mol. The number of carbonyl (C=O) groups is 2. The average Bonchev–Trinajstić information content (AvgIpc) is 2.77. The van der Waals surface area contributed by atoms with Gasteiger partial charge in [0.1, 0.15) is 0 Å². The molecule has 0 saturated carbocycles. The molecule has 1 saturated heterocycles. The minimum atomic E-state index is 0.0236. The number of hydrogen-bond acceptors (Lipinski definition) is 3. The number of piperidine rings is 1. The van der Waals surface area contributed by atoms with Crippen LogP contribution in [0.1, 0.15) is 58.5 Å². The van der Waals surface area contributed by atoms with Gasteiger partial charge in [0, 0.05) is 30.8 Å². The molecule has 0 atom stereocenters. The van der Waals surface area contributed by atoms with E-state index in [1.165, 1.54) is 11.1 Å². The van der Waals surface area contributed by atoms with Crippen LogP contribution in [0, 0.1) is 12.8 Å². The van der Waals surface area contributed by atoms with E-state index in [4.69, 9.17) is 0 Å². The van der Waals surface area contributed by atoms with Crippen molar-refractivity contribution in [1.29, 1.82) is 0 Å². The second-order valence-corrected chi connectivity index (χ2v) is 8.44. The number of nitrogens with zero attached hydrogens (tertiary/aromatic N) is 2. The lowest BCUT2D eigenvalue weighted by Gasteiger charge is -2.34. The molecule has 0 radical (unpaired) electrons. The largest absolute Gasteiger partial charge is 0.339 e. The highest BCUT2D eigenvalue weighted by molar-refractivity contribution is 5.97. The Labute approximate surface area is 180 Å². The zero-order valence-corrected chi connectivity index (χ0v) is 18.6. The van der Waals surface area contributed by atoms with Crippen molar-refractivity contribution in [2.24, 2.45) is 5.92 Å². The predicted octanol–water partition coefficient (Wildman–Crippen LogP) is 4.61. The summed E-state index contributed by atoms with van der Waals surface area (Å²) in [6, 6.07) is 15.7. The van der Waals surface area contributed by atoms with E-state index >= 15 is 0 Å². The Morgan fingerprint density at radius 1 is 1.00 bits per heavy atom. The highest BCUT2D eigenvalue weighted by atomic mass is 16.2. The highest BCUT2D eigenvalue weighted by Gasteiger charge is 2.23. The molecule has 2 aromatic carbocycles. The summed E-state index contributed by atoms with van der Waals surface area (Å²) >= 11 is 0. The third-order valence-electron chi connectivity index (χ3n) is 6.35. The van der Waals surface area contributed by atoms with E-state index in [9.17, 15) is 9.59 Å². The molecule has 0 aromatic heterocycles. The van der Waals surface area contributed by atoms with Crippen LogP contribution >= 0.6 is 0 Å². The predicted molar refractivity (Wildman–Crippen MR) is 122 cm³/mol. The number of rotatable bonds is 8. The smallest absolute Gasteiger partial charge is 0.253 e. The number of aryl methyl sites for hydroxylation is 1. The Bertz CT molecular complexity index is 852. The molecule has 1 aliphatic heterocycles. The monoisotopic (exact) mass is 406 g/mol. The van der Waals surface area contributed by atoms with Crippen molar-refractivity contribution in [2.45, 2.75) is 40.0 Å². The molecule has 160 valence electrons. The molecule has 1 amide bonds. The number of likely N-dealkylation sites (tertiary alicyclic amines) is 1. The molecule has 30 heavy (non-hydrogen) atoms. The van der Waals surface area contributed by atoms with Gasteiger partial charge in [-0.25, -0.2) is 0 Å². The normalized spacial score (nSPS) is 15.2. The summed E-state index contributed by atoms with van der Waals surface area (Å²) in [4.78, 5) is 28.9. The van der Waals surface area contributed by atoms with E-state index in [1.54, 1.807) is 31.2 Å². The van der Waals surface area contributed by atoms with Crippen LogP contribution in [0.25, 0.3) is 0 Å². The Hall–Kier alpha value is -2.46. The van der Waals surface area contributed by atoms with Gasteiger partial charge < -0.3 is 9.80 Å². The van der Waals surface area contributed by atoms with E-state index in [0.29, 0.717) is 23.6 Å². The summed E-state index contributed by atoms with van der Waals surface area (Å²) in [6.07, 6.45) is 3.38. The summed E-state index contributed by atoms with van der Waals surface area (Å²) in [5.41, 5.74) is 4.13. The molecule has 1 aliphatic rings. The molecule has 3 rings (SSSR count). The summed E-state index contributed by atoms with van der Waals surface area (Å²) in [5, 5.41) is 0. The number of benzene rings is 2. The minimum Gasteiger partial charge on any atom is -0.339 e. The lowest BCUT2D eigenvalue weighted by atomic mass is 9.95. The maximum Gasteiger partial charge on any atom is 0.253 e. The minimum absolute atomic E-state index is 0.0236. The molecule has 1 fully saturated rings. The quantitative estimate of drug-likeness (QED) is 0.601. The zero-order chi connectivity index (χ0) is 21.5. The van der Waals surface area contributed by atoms with Gasteiger partial charge in [0.05, 0.1) is 0 Å². The second kappa shape index (κ2) is 10.5. The Morgan fingerprint density at radius 2 is 1.63 bits per heavy atom. The molecule has 0 spiro atoms. The number of ketones is 1. The van der Waals surface area contributed by atoms with E-state index in [2.05, 4.69) is 36.1 Å². The van der Waals surface area contributed by atoms with Gasteiger partial charge in [-0.15, -0.1) is 0 Å². The first-order valence-electron chi connectivity index (χ1n) is 11.1. The molecule has 1 heterocycles. The average molecular weight is 407 g/mol. The number of Topliss-reactive ketones (excluding diaryl/α,β-unsaturated/α-hetero) is 1. The van der Waals surface area contributed by atoms with Crippen LogP contribution in [0.4, 0.5) is 0 Å². The van der Waals surface area contributed by atoms with Crippen molar-refractivity contribution in [1.82, 2.24) is 9.80 Å². The van der Waals surface area contributed by atoms with E-state index in [1.807, 2.05) is 11.8 Å². The molecule has 0 unspecified atom stereocenters. The van der Waals surface area contributed by atoms with Crippen molar-refractivity contribution in [3.05, 3.63) is 70.8 Å². The molecule has 4 heteroatoms. The van der Waals surface area contributed by atoms with Crippen LogP contribution in [0.5, 0.6) is 0 Å². The van der Waals surface area contributed by atoms with Gasteiger partial charge in [-0.05, 0) is 82.3 Å².